The zero-order chi connectivity index (χ0) is 22.4. The van der Waals surface area contributed by atoms with Gasteiger partial charge >= 0.3 is 0 Å². The fourth-order valence-electron chi connectivity index (χ4n) is 2.97. The molecule has 0 aliphatic carbocycles. The molecule has 162 valence electrons. The van der Waals surface area contributed by atoms with Crippen LogP contribution in [0.5, 0.6) is 17.2 Å². The molecule has 0 atom stereocenters. The third-order valence-corrected chi connectivity index (χ3v) is 5.24. The Morgan fingerprint density at radius 1 is 1.00 bits per heavy atom. The van der Waals surface area contributed by atoms with Gasteiger partial charge in [0, 0.05) is 34.3 Å². The first-order valence-electron chi connectivity index (χ1n) is 9.31. The Morgan fingerprint density at radius 2 is 1.65 bits per heavy atom. The molecule has 0 radical (unpaired) electrons. The van der Waals surface area contributed by atoms with Crippen molar-refractivity contribution in [3.8, 4) is 28.5 Å². The molecular formula is C22H23N3O5S. The number of benzene rings is 2. The Hall–Kier alpha value is -3.46. The highest BCUT2D eigenvalue weighted by Crippen LogP contribution is 2.39. The van der Waals surface area contributed by atoms with Crippen LogP contribution in [0.3, 0.4) is 0 Å². The molecule has 0 bridgehead atoms. The van der Waals surface area contributed by atoms with Crippen molar-refractivity contribution in [2.75, 3.05) is 32.9 Å². The van der Waals surface area contributed by atoms with E-state index >= 15 is 0 Å². The molecule has 0 aliphatic rings. The van der Waals surface area contributed by atoms with Gasteiger partial charge in [-0.2, -0.15) is 5.10 Å². The molecule has 0 aliphatic heterocycles. The summed E-state index contributed by atoms with van der Waals surface area (Å²) in [6.07, 6.45) is 2.00. The summed E-state index contributed by atoms with van der Waals surface area (Å²) in [5.41, 5.74) is 1.53. The van der Waals surface area contributed by atoms with E-state index in [2.05, 4.69) is 10.4 Å². The number of nitrogens with zero attached hydrogens (tertiary/aromatic N) is 2. The van der Waals surface area contributed by atoms with E-state index in [1.165, 1.54) is 27.4 Å². The van der Waals surface area contributed by atoms with Crippen LogP contribution in [0.15, 0.2) is 58.2 Å². The Morgan fingerprint density at radius 3 is 2.19 bits per heavy atom. The summed E-state index contributed by atoms with van der Waals surface area (Å²) >= 11 is 1.64. The molecule has 9 heteroatoms. The molecule has 1 aromatic heterocycles. The molecular weight excluding hydrogens is 418 g/mol. The molecule has 1 heterocycles. The lowest BCUT2D eigenvalue weighted by Gasteiger charge is -2.15. The maximum absolute atomic E-state index is 12.6. The average Bonchev–Trinajstić information content (AvgIpc) is 2.79. The van der Waals surface area contributed by atoms with Gasteiger partial charge in [0.15, 0.2) is 11.5 Å². The van der Waals surface area contributed by atoms with E-state index in [0.29, 0.717) is 28.6 Å². The van der Waals surface area contributed by atoms with Gasteiger partial charge in [-0.1, -0.05) is 12.1 Å². The highest BCUT2D eigenvalue weighted by Gasteiger charge is 2.15. The van der Waals surface area contributed by atoms with Crippen LogP contribution in [0.25, 0.3) is 11.3 Å². The quantitative estimate of drug-likeness (QED) is 0.536. The second kappa shape index (κ2) is 10.0. The van der Waals surface area contributed by atoms with Crippen LogP contribution in [-0.2, 0) is 11.3 Å². The zero-order valence-electron chi connectivity index (χ0n) is 17.7. The molecule has 8 nitrogen and oxygen atoms in total. The number of carbonyl (C=O) groups is 1. The Kier molecular flexibility index (Phi) is 7.19. The van der Waals surface area contributed by atoms with Gasteiger partial charge in [-0.05, 0) is 24.5 Å². The summed E-state index contributed by atoms with van der Waals surface area (Å²) in [4.78, 5) is 26.0. The first-order valence-corrected chi connectivity index (χ1v) is 10.5. The number of aromatic nitrogens is 2. The van der Waals surface area contributed by atoms with Crippen LogP contribution < -0.4 is 25.1 Å². The van der Waals surface area contributed by atoms with E-state index in [1.54, 1.807) is 30.0 Å². The van der Waals surface area contributed by atoms with E-state index in [0.717, 1.165) is 15.1 Å². The number of thioether (sulfide) groups is 1. The van der Waals surface area contributed by atoms with Crippen molar-refractivity contribution in [3.63, 3.8) is 0 Å². The van der Waals surface area contributed by atoms with Crippen molar-refractivity contribution in [2.45, 2.75) is 11.4 Å². The van der Waals surface area contributed by atoms with Crippen LogP contribution in [0.4, 0.5) is 5.69 Å². The topological polar surface area (TPSA) is 91.7 Å². The highest BCUT2D eigenvalue weighted by atomic mass is 32.2. The molecule has 31 heavy (non-hydrogen) atoms. The Bertz CT molecular complexity index is 1100. The minimum absolute atomic E-state index is 0.244. The summed E-state index contributed by atoms with van der Waals surface area (Å²) in [6, 6.07) is 14.1. The molecule has 1 N–H and O–H groups in total. The van der Waals surface area contributed by atoms with E-state index in [1.807, 2.05) is 30.5 Å². The Balaban J connectivity index is 1.81. The summed E-state index contributed by atoms with van der Waals surface area (Å²) in [7, 11) is 4.48. The first-order chi connectivity index (χ1) is 15.0. The second-order valence-corrected chi connectivity index (χ2v) is 7.28. The molecule has 0 unspecified atom stereocenters. The van der Waals surface area contributed by atoms with E-state index in [4.69, 9.17) is 14.2 Å². The van der Waals surface area contributed by atoms with Gasteiger partial charge in [-0.15, -0.1) is 11.8 Å². The summed E-state index contributed by atoms with van der Waals surface area (Å²) < 4.78 is 17.0. The van der Waals surface area contributed by atoms with Crippen molar-refractivity contribution >= 4 is 23.4 Å². The van der Waals surface area contributed by atoms with Crippen LogP contribution in [-0.4, -0.2) is 43.3 Å². The first kappa shape index (κ1) is 22.2. The van der Waals surface area contributed by atoms with Crippen LogP contribution in [0.1, 0.15) is 0 Å². The van der Waals surface area contributed by atoms with Gasteiger partial charge < -0.3 is 19.5 Å². The standard InChI is InChI=1S/C22H23N3O5S/c1-28-18-11-15(12-19(29-2)22(18)30-3)23-20(26)13-25-21(27)10-9-17(24-25)14-5-7-16(31-4)8-6-14/h5-12H,13H2,1-4H3,(H,23,26). The number of rotatable bonds is 8. The molecule has 3 rings (SSSR count). The summed E-state index contributed by atoms with van der Waals surface area (Å²) in [5.74, 6) is 0.811. The van der Waals surface area contributed by atoms with Gasteiger partial charge in [0.05, 0.1) is 27.0 Å². The second-order valence-electron chi connectivity index (χ2n) is 6.41. The van der Waals surface area contributed by atoms with Crippen molar-refractivity contribution < 1.29 is 19.0 Å². The van der Waals surface area contributed by atoms with Gasteiger partial charge in [-0.25, -0.2) is 4.68 Å². The molecule has 0 spiro atoms. The lowest BCUT2D eigenvalue weighted by Crippen LogP contribution is -2.29. The largest absolute Gasteiger partial charge is 0.493 e. The fraction of sp³-hybridized carbons (Fsp3) is 0.227. The van der Waals surface area contributed by atoms with E-state index < -0.39 is 5.91 Å². The van der Waals surface area contributed by atoms with Crippen molar-refractivity contribution in [3.05, 3.63) is 58.9 Å². The summed E-state index contributed by atoms with van der Waals surface area (Å²) in [6.45, 7) is -0.244. The van der Waals surface area contributed by atoms with E-state index in [9.17, 15) is 9.59 Å². The number of hydrogen-bond acceptors (Lipinski definition) is 7. The average molecular weight is 442 g/mol. The van der Waals surface area contributed by atoms with Gasteiger partial charge in [0.2, 0.25) is 11.7 Å². The third-order valence-electron chi connectivity index (χ3n) is 4.49. The minimum atomic E-state index is -0.418. The van der Waals surface area contributed by atoms with Crippen molar-refractivity contribution in [1.82, 2.24) is 9.78 Å². The maximum atomic E-state index is 12.6. The SMILES string of the molecule is COc1cc(NC(=O)Cn2nc(-c3ccc(SC)cc3)ccc2=O)cc(OC)c1OC. The molecule has 3 aromatic rings. The molecule has 0 saturated heterocycles. The molecule has 0 fully saturated rings. The van der Waals surface area contributed by atoms with Gasteiger partial charge in [-0.3, -0.25) is 9.59 Å². The lowest BCUT2D eigenvalue weighted by molar-refractivity contribution is -0.117. The normalized spacial score (nSPS) is 10.5. The third kappa shape index (κ3) is 5.18. The van der Waals surface area contributed by atoms with Crippen LogP contribution in [0.2, 0.25) is 0 Å². The Labute approximate surface area is 184 Å². The van der Waals surface area contributed by atoms with Crippen molar-refractivity contribution in [1.29, 1.82) is 0 Å². The maximum Gasteiger partial charge on any atom is 0.267 e. The van der Waals surface area contributed by atoms with Gasteiger partial charge in [0.25, 0.3) is 5.56 Å². The molecule has 2 aromatic carbocycles. The predicted molar refractivity (Wildman–Crippen MR) is 120 cm³/mol. The lowest BCUT2D eigenvalue weighted by atomic mass is 10.1. The van der Waals surface area contributed by atoms with Crippen molar-refractivity contribution in [2.24, 2.45) is 0 Å². The molecule has 0 saturated carbocycles. The zero-order valence-corrected chi connectivity index (χ0v) is 18.5. The number of nitrogens with one attached hydrogen (secondary N) is 1. The number of anilines is 1. The number of carbonyl (C=O) groups excluding carboxylic acids is 1. The monoisotopic (exact) mass is 441 g/mol. The predicted octanol–water partition coefficient (Wildman–Crippen LogP) is 3.30. The highest BCUT2D eigenvalue weighted by molar-refractivity contribution is 7.98. The minimum Gasteiger partial charge on any atom is -0.493 e. The fourth-order valence-corrected chi connectivity index (χ4v) is 3.38. The smallest absolute Gasteiger partial charge is 0.267 e. The van der Waals surface area contributed by atoms with Gasteiger partial charge in [0.1, 0.15) is 6.54 Å². The number of ether oxygens (including phenoxy) is 3. The number of methoxy groups -OCH3 is 3. The molecule has 1 amide bonds. The van der Waals surface area contributed by atoms with E-state index in [-0.39, 0.29) is 12.1 Å². The van der Waals surface area contributed by atoms with Crippen LogP contribution in [0, 0.1) is 0 Å². The summed E-state index contributed by atoms with van der Waals surface area (Å²) in [5, 5.41) is 7.08. The number of hydrogen-bond donors (Lipinski definition) is 1. The number of amides is 1. The van der Waals surface area contributed by atoms with Crippen LogP contribution >= 0.6 is 11.8 Å².